The van der Waals surface area contributed by atoms with Crippen molar-refractivity contribution in [3.8, 4) is 17.2 Å². The highest BCUT2D eigenvalue weighted by Gasteiger charge is 2.08. The van der Waals surface area contributed by atoms with Crippen LogP contribution in [0.4, 0.5) is 0 Å². The average Bonchev–Trinajstić information content (AvgIpc) is 3.21. The van der Waals surface area contributed by atoms with E-state index in [0.717, 1.165) is 25.1 Å². The molecule has 0 saturated carbocycles. The summed E-state index contributed by atoms with van der Waals surface area (Å²) in [7, 11) is 0. The van der Waals surface area contributed by atoms with Crippen molar-refractivity contribution in [2.75, 3.05) is 0 Å². The fourth-order valence-corrected chi connectivity index (χ4v) is 3.95. The van der Waals surface area contributed by atoms with E-state index in [1.165, 1.54) is 27.8 Å². The minimum Gasteiger partial charge on any atom is -0.330 e. The molecule has 0 aliphatic carbocycles. The number of aromatic nitrogens is 2. The molecule has 154 valence electrons. The van der Waals surface area contributed by atoms with Gasteiger partial charge in [0.25, 0.3) is 0 Å². The highest BCUT2D eigenvalue weighted by atomic mass is 15.0. The van der Waals surface area contributed by atoms with Crippen LogP contribution in [0, 0.1) is 17.2 Å². The summed E-state index contributed by atoms with van der Waals surface area (Å²) in [4.78, 5) is 4.36. The molecule has 4 rings (SSSR count). The number of rotatable bonds is 7. The first-order valence-electron chi connectivity index (χ1n) is 10.8. The first kappa shape index (κ1) is 20.6. The Morgan fingerprint density at radius 3 is 2.32 bits per heavy atom. The second-order valence-electron chi connectivity index (χ2n) is 8.45. The second kappa shape index (κ2) is 9.45. The monoisotopic (exact) mass is 405 g/mol. The Kier molecular flexibility index (Phi) is 6.29. The van der Waals surface area contributed by atoms with E-state index in [-0.39, 0.29) is 0 Å². The molecule has 1 aromatic heterocycles. The zero-order valence-corrected chi connectivity index (χ0v) is 18.1. The van der Waals surface area contributed by atoms with E-state index in [4.69, 9.17) is 5.26 Å². The first-order valence-corrected chi connectivity index (χ1v) is 10.8. The first-order chi connectivity index (χ1) is 15.1. The third-order valence-corrected chi connectivity index (χ3v) is 5.53. The van der Waals surface area contributed by atoms with E-state index >= 15 is 0 Å². The molecule has 0 spiro atoms. The van der Waals surface area contributed by atoms with E-state index in [1.807, 2.05) is 36.8 Å². The normalized spacial score (nSPS) is 10.9. The number of hydrogen-bond donors (Lipinski definition) is 0. The van der Waals surface area contributed by atoms with Gasteiger partial charge in [0.2, 0.25) is 0 Å². The van der Waals surface area contributed by atoms with Gasteiger partial charge in [-0.05, 0) is 52.3 Å². The third-order valence-electron chi connectivity index (χ3n) is 5.53. The molecular weight excluding hydrogens is 378 g/mol. The molecule has 0 fully saturated rings. The summed E-state index contributed by atoms with van der Waals surface area (Å²) in [6, 6.07) is 27.5. The molecule has 3 nitrogen and oxygen atoms in total. The largest absolute Gasteiger partial charge is 0.330 e. The lowest BCUT2D eigenvalue weighted by Gasteiger charge is -2.13. The van der Waals surface area contributed by atoms with Crippen molar-refractivity contribution in [3.05, 3.63) is 113 Å². The van der Waals surface area contributed by atoms with Gasteiger partial charge < -0.3 is 4.57 Å². The van der Waals surface area contributed by atoms with Crippen LogP contribution >= 0.6 is 0 Å². The van der Waals surface area contributed by atoms with Crippen LogP contribution in [0.5, 0.6) is 0 Å². The highest BCUT2D eigenvalue weighted by molar-refractivity contribution is 5.67. The lowest BCUT2D eigenvalue weighted by atomic mass is 9.93. The molecule has 0 atom stereocenters. The van der Waals surface area contributed by atoms with Gasteiger partial charge in [-0.15, -0.1) is 0 Å². The molecule has 31 heavy (non-hydrogen) atoms. The van der Waals surface area contributed by atoms with E-state index in [1.54, 1.807) is 0 Å². The van der Waals surface area contributed by atoms with Crippen molar-refractivity contribution in [1.29, 1.82) is 5.26 Å². The maximum Gasteiger partial charge on any atom is 0.0991 e. The Bertz CT molecular complexity index is 1180. The number of benzene rings is 3. The van der Waals surface area contributed by atoms with Crippen LogP contribution in [0.25, 0.3) is 11.1 Å². The number of hydrogen-bond acceptors (Lipinski definition) is 2. The van der Waals surface area contributed by atoms with Crippen LogP contribution in [-0.2, 0) is 19.4 Å². The SMILES string of the molecule is CC(C)Cc1ccccc1-c1ccc(Cn2cncc2Cc2ccc(C#N)cc2)cc1. The van der Waals surface area contributed by atoms with Crippen LogP contribution < -0.4 is 0 Å². The average molecular weight is 406 g/mol. The van der Waals surface area contributed by atoms with E-state index in [2.05, 4.69) is 78.0 Å². The molecule has 0 bridgehead atoms. The van der Waals surface area contributed by atoms with E-state index in [9.17, 15) is 0 Å². The van der Waals surface area contributed by atoms with Gasteiger partial charge in [-0.2, -0.15) is 5.26 Å². The zero-order valence-electron chi connectivity index (χ0n) is 18.1. The molecule has 3 heteroatoms. The van der Waals surface area contributed by atoms with Crippen molar-refractivity contribution < 1.29 is 0 Å². The van der Waals surface area contributed by atoms with Crippen molar-refractivity contribution >= 4 is 0 Å². The Morgan fingerprint density at radius 2 is 1.61 bits per heavy atom. The van der Waals surface area contributed by atoms with Gasteiger partial charge in [-0.3, -0.25) is 0 Å². The fraction of sp³-hybridized carbons (Fsp3) is 0.214. The lowest BCUT2D eigenvalue weighted by molar-refractivity contribution is 0.648. The van der Waals surface area contributed by atoms with Gasteiger partial charge in [0.05, 0.1) is 18.0 Å². The molecule has 0 amide bonds. The molecule has 1 heterocycles. The highest BCUT2D eigenvalue weighted by Crippen LogP contribution is 2.26. The summed E-state index contributed by atoms with van der Waals surface area (Å²) in [5.74, 6) is 0.635. The van der Waals surface area contributed by atoms with Crippen molar-refractivity contribution in [2.24, 2.45) is 5.92 Å². The topological polar surface area (TPSA) is 41.6 Å². The van der Waals surface area contributed by atoms with Crippen LogP contribution in [0.2, 0.25) is 0 Å². The molecule has 0 aliphatic heterocycles. The van der Waals surface area contributed by atoms with Gasteiger partial charge in [0.15, 0.2) is 0 Å². The van der Waals surface area contributed by atoms with Gasteiger partial charge in [-0.25, -0.2) is 4.98 Å². The molecular formula is C28H27N3. The van der Waals surface area contributed by atoms with E-state index in [0.29, 0.717) is 11.5 Å². The zero-order chi connectivity index (χ0) is 21.6. The van der Waals surface area contributed by atoms with Crippen LogP contribution in [-0.4, -0.2) is 9.55 Å². The Hall–Kier alpha value is -3.64. The van der Waals surface area contributed by atoms with Crippen molar-refractivity contribution in [1.82, 2.24) is 9.55 Å². The molecule has 0 unspecified atom stereocenters. The Labute approximate surface area is 184 Å². The minimum absolute atomic E-state index is 0.635. The van der Waals surface area contributed by atoms with Crippen molar-refractivity contribution in [2.45, 2.75) is 33.2 Å². The summed E-state index contributed by atoms with van der Waals surface area (Å²) in [5.41, 5.74) is 8.28. The van der Waals surface area contributed by atoms with Crippen molar-refractivity contribution in [3.63, 3.8) is 0 Å². The maximum atomic E-state index is 8.97. The molecule has 0 N–H and O–H groups in total. The molecule has 0 radical (unpaired) electrons. The Morgan fingerprint density at radius 1 is 0.903 bits per heavy atom. The minimum atomic E-state index is 0.635. The summed E-state index contributed by atoms with van der Waals surface area (Å²) in [5, 5.41) is 8.97. The molecule has 0 aliphatic rings. The molecule has 0 saturated heterocycles. The number of nitriles is 1. The molecule has 3 aromatic carbocycles. The third kappa shape index (κ3) is 5.10. The number of nitrogens with zero attached hydrogens (tertiary/aromatic N) is 3. The maximum absolute atomic E-state index is 8.97. The molecule has 4 aromatic rings. The predicted octanol–water partition coefficient (Wildman–Crippen LogP) is 6.26. The second-order valence-corrected chi connectivity index (χ2v) is 8.45. The Balaban J connectivity index is 1.49. The smallest absolute Gasteiger partial charge is 0.0991 e. The fourth-order valence-electron chi connectivity index (χ4n) is 3.95. The summed E-state index contributed by atoms with van der Waals surface area (Å²) in [6.07, 6.45) is 5.71. The number of imidazole rings is 1. The lowest BCUT2D eigenvalue weighted by Crippen LogP contribution is -2.04. The summed E-state index contributed by atoms with van der Waals surface area (Å²) < 4.78 is 2.19. The van der Waals surface area contributed by atoms with Gasteiger partial charge >= 0.3 is 0 Å². The van der Waals surface area contributed by atoms with Gasteiger partial charge in [-0.1, -0.05) is 74.5 Å². The van der Waals surface area contributed by atoms with E-state index < -0.39 is 0 Å². The van der Waals surface area contributed by atoms with Crippen LogP contribution in [0.1, 0.15) is 41.8 Å². The quantitative estimate of drug-likeness (QED) is 0.364. The van der Waals surface area contributed by atoms with Crippen LogP contribution in [0.15, 0.2) is 85.3 Å². The summed E-state index contributed by atoms with van der Waals surface area (Å²) >= 11 is 0. The predicted molar refractivity (Wildman–Crippen MR) is 126 cm³/mol. The standard InChI is InChI=1S/C28H27N3/c1-21(2)15-26-5-3-4-6-28(26)25-13-11-24(12-14-25)19-31-20-30-18-27(31)16-22-7-9-23(17-29)10-8-22/h3-14,18,20-21H,15-16,19H2,1-2H3. The van der Waals surface area contributed by atoms with Gasteiger partial charge in [0, 0.05) is 24.9 Å². The van der Waals surface area contributed by atoms with Gasteiger partial charge in [0.1, 0.15) is 0 Å². The van der Waals surface area contributed by atoms with Crippen LogP contribution in [0.3, 0.4) is 0 Å². The summed E-state index contributed by atoms with van der Waals surface area (Å²) in [6.45, 7) is 5.32.